The Kier molecular flexibility index (Phi) is 4.28. The van der Waals surface area contributed by atoms with E-state index in [9.17, 15) is 0 Å². The average molecular weight is 236 g/mol. The van der Waals surface area contributed by atoms with Gasteiger partial charge in [-0.1, -0.05) is 13.3 Å². The maximum absolute atomic E-state index is 5.43. The number of rotatable bonds is 5. The van der Waals surface area contributed by atoms with Gasteiger partial charge in [-0.25, -0.2) is 15.8 Å². The molecule has 1 aromatic heterocycles. The average Bonchev–Trinajstić information content (AvgIpc) is 2.82. The monoisotopic (exact) mass is 236 g/mol. The van der Waals surface area contributed by atoms with Gasteiger partial charge in [-0.15, -0.1) is 0 Å². The summed E-state index contributed by atoms with van der Waals surface area (Å²) in [6.07, 6.45) is 4.03. The van der Waals surface area contributed by atoms with E-state index in [1.165, 1.54) is 0 Å². The molecule has 94 valence electrons. The summed E-state index contributed by atoms with van der Waals surface area (Å²) < 4.78 is 5.37. The third kappa shape index (κ3) is 3.38. The molecule has 1 atom stereocenters. The third-order valence-electron chi connectivity index (χ3n) is 2.97. The second-order valence-corrected chi connectivity index (χ2v) is 4.49. The number of nitrogen functional groups attached to an aromatic ring is 1. The largest absolute Gasteiger partial charge is 0.381 e. The highest BCUT2D eigenvalue weighted by molar-refractivity contribution is 5.34. The number of aryl methyl sites for hydroxylation is 1. The number of hydrogen-bond acceptors (Lipinski definition) is 5. The van der Waals surface area contributed by atoms with E-state index in [1.807, 2.05) is 6.07 Å². The van der Waals surface area contributed by atoms with Crippen LogP contribution in [-0.2, 0) is 17.6 Å². The Labute approximate surface area is 102 Å². The number of aromatic nitrogens is 2. The number of anilines is 1. The van der Waals surface area contributed by atoms with Crippen LogP contribution in [0.5, 0.6) is 0 Å². The van der Waals surface area contributed by atoms with Gasteiger partial charge in [0.1, 0.15) is 11.6 Å². The lowest BCUT2D eigenvalue weighted by Crippen LogP contribution is -2.14. The Bertz CT molecular complexity index is 364. The van der Waals surface area contributed by atoms with E-state index in [-0.39, 0.29) is 0 Å². The predicted octanol–water partition coefficient (Wildman–Crippen LogP) is 1.29. The number of nitrogens with two attached hydrogens (primary N) is 1. The predicted molar refractivity (Wildman–Crippen MR) is 66.5 cm³/mol. The standard InChI is InChI=1S/C12H20N4O/c1-2-3-10-7-12(16-13)15-11(14-10)6-9-4-5-17-8-9/h7,9H,2-6,8,13H2,1H3,(H,14,15,16). The number of hydrogen-bond donors (Lipinski definition) is 2. The van der Waals surface area contributed by atoms with Gasteiger partial charge in [-0.3, -0.25) is 0 Å². The van der Waals surface area contributed by atoms with Gasteiger partial charge in [0.05, 0.1) is 0 Å². The Balaban J connectivity index is 2.10. The van der Waals surface area contributed by atoms with E-state index in [2.05, 4.69) is 22.3 Å². The molecule has 0 aliphatic carbocycles. The first kappa shape index (κ1) is 12.3. The second-order valence-electron chi connectivity index (χ2n) is 4.49. The van der Waals surface area contributed by atoms with Gasteiger partial charge in [0.25, 0.3) is 0 Å². The molecule has 1 saturated heterocycles. The van der Waals surface area contributed by atoms with E-state index in [0.717, 1.165) is 50.4 Å². The minimum absolute atomic E-state index is 0.553. The first-order chi connectivity index (χ1) is 8.31. The lowest BCUT2D eigenvalue weighted by atomic mass is 10.0. The molecular weight excluding hydrogens is 216 g/mol. The van der Waals surface area contributed by atoms with Crippen molar-refractivity contribution < 1.29 is 4.74 Å². The molecule has 0 spiro atoms. The Morgan fingerprint density at radius 2 is 2.41 bits per heavy atom. The van der Waals surface area contributed by atoms with Crippen molar-refractivity contribution in [3.05, 3.63) is 17.6 Å². The summed E-state index contributed by atoms with van der Waals surface area (Å²) in [4.78, 5) is 8.97. The minimum Gasteiger partial charge on any atom is -0.381 e. The molecule has 2 heterocycles. The normalized spacial score (nSPS) is 19.5. The third-order valence-corrected chi connectivity index (χ3v) is 2.97. The number of nitrogens with one attached hydrogen (secondary N) is 1. The van der Waals surface area contributed by atoms with Gasteiger partial charge >= 0.3 is 0 Å². The lowest BCUT2D eigenvalue weighted by molar-refractivity contribution is 0.185. The molecule has 0 aromatic carbocycles. The van der Waals surface area contributed by atoms with Crippen LogP contribution in [0.15, 0.2) is 6.07 Å². The molecule has 1 aromatic rings. The molecule has 1 aliphatic heterocycles. The topological polar surface area (TPSA) is 73.1 Å². The molecule has 0 radical (unpaired) electrons. The SMILES string of the molecule is CCCc1cc(NN)nc(CC2CCOC2)n1. The summed E-state index contributed by atoms with van der Waals surface area (Å²) in [5, 5.41) is 0. The van der Waals surface area contributed by atoms with Crippen molar-refractivity contribution in [1.82, 2.24) is 9.97 Å². The fourth-order valence-electron chi connectivity index (χ4n) is 2.10. The minimum atomic E-state index is 0.553. The van der Waals surface area contributed by atoms with E-state index < -0.39 is 0 Å². The number of hydrazine groups is 1. The van der Waals surface area contributed by atoms with Gasteiger partial charge in [-0.2, -0.15) is 0 Å². The fourth-order valence-corrected chi connectivity index (χ4v) is 2.10. The van der Waals surface area contributed by atoms with Crippen molar-refractivity contribution in [3.8, 4) is 0 Å². The fraction of sp³-hybridized carbons (Fsp3) is 0.667. The smallest absolute Gasteiger partial charge is 0.143 e. The molecule has 1 fully saturated rings. The van der Waals surface area contributed by atoms with E-state index in [1.54, 1.807) is 0 Å². The zero-order valence-electron chi connectivity index (χ0n) is 10.3. The quantitative estimate of drug-likeness (QED) is 0.595. The summed E-state index contributed by atoms with van der Waals surface area (Å²) in [6, 6.07) is 1.91. The van der Waals surface area contributed by atoms with Crippen molar-refractivity contribution in [3.63, 3.8) is 0 Å². The van der Waals surface area contributed by atoms with Crippen molar-refractivity contribution in [2.75, 3.05) is 18.6 Å². The number of nitrogens with zero attached hydrogens (tertiary/aromatic N) is 2. The van der Waals surface area contributed by atoms with Crippen LogP contribution < -0.4 is 11.3 Å². The second kappa shape index (κ2) is 5.93. The van der Waals surface area contributed by atoms with E-state index in [4.69, 9.17) is 10.6 Å². The van der Waals surface area contributed by atoms with Crippen LogP contribution in [0.1, 0.15) is 31.3 Å². The Morgan fingerprint density at radius 1 is 1.53 bits per heavy atom. The summed E-state index contributed by atoms with van der Waals surface area (Å²) in [5.41, 5.74) is 3.67. The molecule has 0 amide bonds. The summed E-state index contributed by atoms with van der Waals surface area (Å²) in [7, 11) is 0. The summed E-state index contributed by atoms with van der Waals surface area (Å²) in [5.74, 6) is 7.56. The summed E-state index contributed by atoms with van der Waals surface area (Å²) in [6.45, 7) is 3.83. The summed E-state index contributed by atoms with van der Waals surface area (Å²) >= 11 is 0. The molecule has 3 N–H and O–H groups in total. The van der Waals surface area contributed by atoms with Gasteiger partial charge < -0.3 is 10.2 Å². The molecule has 1 aliphatic rings. The zero-order chi connectivity index (χ0) is 12.1. The lowest BCUT2D eigenvalue weighted by Gasteiger charge is -2.09. The maximum Gasteiger partial charge on any atom is 0.143 e. The van der Waals surface area contributed by atoms with Crippen LogP contribution in [0.25, 0.3) is 0 Å². The van der Waals surface area contributed by atoms with Crippen LogP contribution in [0, 0.1) is 5.92 Å². The van der Waals surface area contributed by atoms with Crippen LogP contribution in [-0.4, -0.2) is 23.2 Å². The molecule has 5 nitrogen and oxygen atoms in total. The maximum atomic E-state index is 5.43. The van der Waals surface area contributed by atoms with Crippen LogP contribution >= 0.6 is 0 Å². The molecule has 0 bridgehead atoms. The highest BCUT2D eigenvalue weighted by Crippen LogP contribution is 2.17. The van der Waals surface area contributed by atoms with Crippen LogP contribution in [0.2, 0.25) is 0 Å². The molecule has 0 saturated carbocycles. The van der Waals surface area contributed by atoms with Gasteiger partial charge in [0.2, 0.25) is 0 Å². The van der Waals surface area contributed by atoms with E-state index >= 15 is 0 Å². The van der Waals surface area contributed by atoms with Gasteiger partial charge in [0, 0.05) is 31.4 Å². The Hall–Kier alpha value is -1.20. The highest BCUT2D eigenvalue weighted by Gasteiger charge is 2.18. The first-order valence-corrected chi connectivity index (χ1v) is 6.23. The molecule has 2 rings (SSSR count). The Morgan fingerprint density at radius 3 is 3.06 bits per heavy atom. The highest BCUT2D eigenvalue weighted by atomic mass is 16.5. The van der Waals surface area contributed by atoms with Crippen LogP contribution in [0.4, 0.5) is 5.82 Å². The van der Waals surface area contributed by atoms with Crippen LogP contribution in [0.3, 0.4) is 0 Å². The van der Waals surface area contributed by atoms with Crippen molar-refractivity contribution in [2.24, 2.45) is 11.8 Å². The van der Waals surface area contributed by atoms with E-state index in [0.29, 0.717) is 11.7 Å². The van der Waals surface area contributed by atoms with Crippen molar-refractivity contribution >= 4 is 5.82 Å². The zero-order valence-corrected chi connectivity index (χ0v) is 10.3. The number of ether oxygens (including phenoxy) is 1. The first-order valence-electron chi connectivity index (χ1n) is 6.23. The molecule has 5 heteroatoms. The van der Waals surface area contributed by atoms with Gasteiger partial charge in [-0.05, 0) is 18.8 Å². The van der Waals surface area contributed by atoms with Gasteiger partial charge in [0.15, 0.2) is 0 Å². The van der Waals surface area contributed by atoms with Crippen molar-refractivity contribution in [2.45, 2.75) is 32.6 Å². The molecule has 17 heavy (non-hydrogen) atoms. The molecule has 1 unspecified atom stereocenters. The molecular formula is C12H20N4O. The van der Waals surface area contributed by atoms with Crippen molar-refractivity contribution in [1.29, 1.82) is 0 Å².